The van der Waals surface area contributed by atoms with Crippen molar-refractivity contribution in [2.24, 2.45) is 0 Å². The Balaban J connectivity index is 2.37. The van der Waals surface area contributed by atoms with E-state index in [4.69, 9.17) is 0 Å². The van der Waals surface area contributed by atoms with E-state index >= 15 is 0 Å². The van der Waals surface area contributed by atoms with E-state index in [1.807, 2.05) is 6.92 Å². The molecule has 1 aromatic heterocycles. The van der Waals surface area contributed by atoms with Crippen LogP contribution in [0.5, 0.6) is 0 Å². The summed E-state index contributed by atoms with van der Waals surface area (Å²) >= 11 is 0. The van der Waals surface area contributed by atoms with E-state index in [1.165, 1.54) is 11.1 Å². The molecule has 1 aromatic rings. The van der Waals surface area contributed by atoms with E-state index in [0.29, 0.717) is 12.1 Å². The number of hydrogen-bond acceptors (Lipinski definition) is 4. The molecule has 2 heterocycles. The number of H-pyrrole nitrogens is 1. The highest BCUT2D eigenvalue weighted by Gasteiger charge is 2.28. The fourth-order valence-corrected chi connectivity index (χ4v) is 1.54. The lowest BCUT2D eigenvalue weighted by Crippen LogP contribution is -2.39. The van der Waals surface area contributed by atoms with Gasteiger partial charge < -0.3 is 0 Å². The molecule has 0 aromatic carbocycles. The van der Waals surface area contributed by atoms with Crippen LogP contribution in [0.3, 0.4) is 0 Å². The Morgan fingerprint density at radius 2 is 2.27 bits per heavy atom. The summed E-state index contributed by atoms with van der Waals surface area (Å²) in [7, 11) is 0. The fraction of sp³-hybridized carbons (Fsp3) is 0.444. The van der Waals surface area contributed by atoms with Crippen molar-refractivity contribution in [1.29, 1.82) is 0 Å². The molecule has 6 heteroatoms. The Labute approximate surface area is 86.3 Å². The quantitative estimate of drug-likeness (QED) is 0.664. The van der Waals surface area contributed by atoms with Crippen molar-refractivity contribution < 1.29 is 4.79 Å². The number of carbonyl (C=O) groups excluding carboxylic acids is 1. The van der Waals surface area contributed by atoms with Crippen LogP contribution in [0, 0.1) is 6.92 Å². The van der Waals surface area contributed by atoms with Gasteiger partial charge in [0.1, 0.15) is 0 Å². The molecular weight excluding hydrogens is 196 g/mol. The average Bonchev–Trinajstić information content (AvgIpc) is 2.43. The summed E-state index contributed by atoms with van der Waals surface area (Å²) in [6, 6.07) is 1.45. The molecule has 2 N–H and O–H groups in total. The summed E-state index contributed by atoms with van der Waals surface area (Å²) in [5, 5.41) is 1.29. The summed E-state index contributed by atoms with van der Waals surface area (Å²) < 4.78 is 0. The highest BCUT2D eigenvalue weighted by molar-refractivity contribution is 5.93. The first-order valence-corrected chi connectivity index (χ1v) is 4.73. The Morgan fingerprint density at radius 1 is 1.53 bits per heavy atom. The van der Waals surface area contributed by atoms with E-state index in [1.54, 1.807) is 6.92 Å². The van der Waals surface area contributed by atoms with Crippen molar-refractivity contribution in [1.82, 2.24) is 15.4 Å². The van der Waals surface area contributed by atoms with Crippen molar-refractivity contribution >= 4 is 11.9 Å². The number of anilines is 1. The summed E-state index contributed by atoms with van der Waals surface area (Å²) in [6.07, 6.45) is 0.414. The molecule has 1 saturated heterocycles. The molecule has 80 valence electrons. The number of aryl methyl sites for hydroxylation is 1. The first-order valence-electron chi connectivity index (χ1n) is 4.73. The number of hydrazine groups is 1. The summed E-state index contributed by atoms with van der Waals surface area (Å²) in [5.74, 6) is 0.172. The largest absolute Gasteiger partial charge is 0.291 e. The standard InChI is InChI=1S/C9H12N4O2/c1-5-3-7(14)11-9(10-5)13-8(15)4-6(2)12-13/h3,6,12H,4H2,1-2H3,(H,10,11,14). The van der Waals surface area contributed by atoms with Gasteiger partial charge in [-0.15, -0.1) is 0 Å². The Morgan fingerprint density at radius 3 is 2.80 bits per heavy atom. The molecule has 1 fully saturated rings. The highest BCUT2D eigenvalue weighted by atomic mass is 16.2. The molecule has 0 saturated carbocycles. The van der Waals surface area contributed by atoms with E-state index < -0.39 is 0 Å². The van der Waals surface area contributed by atoms with E-state index in [0.717, 1.165) is 0 Å². The lowest BCUT2D eigenvalue weighted by molar-refractivity contribution is -0.117. The number of hydrogen-bond donors (Lipinski definition) is 2. The third-order valence-electron chi connectivity index (χ3n) is 2.15. The van der Waals surface area contributed by atoms with Crippen LogP contribution in [0.1, 0.15) is 19.0 Å². The van der Waals surface area contributed by atoms with Gasteiger partial charge in [-0.3, -0.25) is 14.6 Å². The number of nitrogens with zero attached hydrogens (tertiary/aromatic N) is 2. The number of aromatic amines is 1. The highest BCUT2D eigenvalue weighted by Crippen LogP contribution is 2.12. The number of aromatic nitrogens is 2. The predicted molar refractivity (Wildman–Crippen MR) is 54.3 cm³/mol. The molecule has 1 aliphatic heterocycles. The number of carbonyl (C=O) groups is 1. The smallest absolute Gasteiger partial charge is 0.252 e. The molecule has 15 heavy (non-hydrogen) atoms. The SMILES string of the molecule is Cc1cc(=O)[nH]c(N2NC(C)CC2=O)n1. The third kappa shape index (κ3) is 1.89. The van der Waals surface area contributed by atoms with Crippen LogP contribution in [-0.4, -0.2) is 21.9 Å². The maximum Gasteiger partial charge on any atom is 0.252 e. The zero-order valence-corrected chi connectivity index (χ0v) is 8.57. The van der Waals surface area contributed by atoms with Gasteiger partial charge in [0.15, 0.2) is 0 Å². The van der Waals surface area contributed by atoms with Gasteiger partial charge in [-0.1, -0.05) is 0 Å². The molecule has 0 aliphatic carbocycles. The first-order chi connectivity index (χ1) is 7.06. The predicted octanol–water partition coefficient (Wildman–Crippen LogP) is -0.292. The molecule has 6 nitrogen and oxygen atoms in total. The lowest BCUT2D eigenvalue weighted by Gasteiger charge is -2.14. The van der Waals surface area contributed by atoms with E-state index in [2.05, 4.69) is 15.4 Å². The molecule has 0 spiro atoms. The van der Waals surface area contributed by atoms with Gasteiger partial charge in [-0.2, -0.15) is 0 Å². The van der Waals surface area contributed by atoms with Gasteiger partial charge in [0.05, 0.1) is 0 Å². The van der Waals surface area contributed by atoms with Gasteiger partial charge in [0, 0.05) is 24.2 Å². The first kappa shape index (κ1) is 9.85. The third-order valence-corrected chi connectivity index (χ3v) is 2.15. The maximum absolute atomic E-state index is 11.5. The van der Waals surface area contributed by atoms with Gasteiger partial charge in [-0.25, -0.2) is 15.4 Å². The monoisotopic (exact) mass is 208 g/mol. The lowest BCUT2D eigenvalue weighted by atomic mass is 10.3. The molecule has 0 radical (unpaired) electrons. The summed E-state index contributed by atoms with van der Waals surface area (Å²) in [5.41, 5.74) is 3.25. The Hall–Kier alpha value is -1.69. The number of rotatable bonds is 1. The average molecular weight is 208 g/mol. The second kappa shape index (κ2) is 3.47. The zero-order valence-electron chi connectivity index (χ0n) is 8.57. The van der Waals surface area contributed by atoms with Gasteiger partial charge in [0.2, 0.25) is 11.9 Å². The Kier molecular flexibility index (Phi) is 2.28. The van der Waals surface area contributed by atoms with Crippen LogP contribution in [0.25, 0.3) is 0 Å². The number of nitrogens with one attached hydrogen (secondary N) is 2. The molecule has 1 unspecified atom stereocenters. The molecular formula is C9H12N4O2. The van der Waals surface area contributed by atoms with Crippen molar-refractivity contribution in [2.45, 2.75) is 26.3 Å². The van der Waals surface area contributed by atoms with Crippen molar-refractivity contribution in [3.63, 3.8) is 0 Å². The van der Waals surface area contributed by atoms with Crippen LogP contribution in [0.15, 0.2) is 10.9 Å². The topological polar surface area (TPSA) is 78.1 Å². The van der Waals surface area contributed by atoms with Crippen LogP contribution < -0.4 is 16.0 Å². The molecule has 0 bridgehead atoms. The van der Waals surface area contributed by atoms with Crippen LogP contribution >= 0.6 is 0 Å². The van der Waals surface area contributed by atoms with Gasteiger partial charge in [-0.05, 0) is 13.8 Å². The van der Waals surface area contributed by atoms with E-state index in [-0.39, 0.29) is 23.5 Å². The van der Waals surface area contributed by atoms with Crippen LogP contribution in [0.2, 0.25) is 0 Å². The van der Waals surface area contributed by atoms with Gasteiger partial charge in [0.25, 0.3) is 5.56 Å². The minimum atomic E-state index is -0.258. The molecule has 1 amide bonds. The van der Waals surface area contributed by atoms with Crippen LogP contribution in [0.4, 0.5) is 5.95 Å². The number of amides is 1. The maximum atomic E-state index is 11.5. The molecule has 1 aliphatic rings. The minimum absolute atomic E-state index is 0.0725. The Bertz CT molecular complexity index is 454. The second-order valence-electron chi connectivity index (χ2n) is 3.67. The molecule has 1 atom stereocenters. The second-order valence-corrected chi connectivity index (χ2v) is 3.67. The summed E-state index contributed by atoms with van der Waals surface area (Å²) in [4.78, 5) is 29.3. The zero-order chi connectivity index (χ0) is 11.0. The van der Waals surface area contributed by atoms with Crippen molar-refractivity contribution in [2.75, 3.05) is 5.01 Å². The van der Waals surface area contributed by atoms with Crippen LogP contribution in [-0.2, 0) is 4.79 Å². The molecule has 2 rings (SSSR count). The van der Waals surface area contributed by atoms with E-state index in [9.17, 15) is 9.59 Å². The van der Waals surface area contributed by atoms with Crippen molar-refractivity contribution in [3.8, 4) is 0 Å². The summed E-state index contributed by atoms with van der Waals surface area (Å²) in [6.45, 7) is 3.61. The fourth-order valence-electron chi connectivity index (χ4n) is 1.54. The normalized spacial score (nSPS) is 21.1. The van der Waals surface area contributed by atoms with Crippen molar-refractivity contribution in [3.05, 3.63) is 22.1 Å². The minimum Gasteiger partial charge on any atom is -0.291 e. The van der Waals surface area contributed by atoms with Gasteiger partial charge >= 0.3 is 0 Å².